The first-order valence-corrected chi connectivity index (χ1v) is 7.15. The van der Waals surface area contributed by atoms with Gasteiger partial charge in [0.05, 0.1) is 22.4 Å². The van der Waals surface area contributed by atoms with E-state index < -0.39 is 17.8 Å². The lowest BCUT2D eigenvalue weighted by Gasteiger charge is -2.20. The lowest BCUT2D eigenvalue weighted by molar-refractivity contribution is 0.0696. The first-order chi connectivity index (χ1) is 10.8. The van der Waals surface area contributed by atoms with E-state index in [2.05, 4.69) is 0 Å². The molecule has 0 aromatic heterocycles. The van der Waals surface area contributed by atoms with Crippen molar-refractivity contribution in [2.24, 2.45) is 0 Å². The third-order valence-electron chi connectivity index (χ3n) is 3.99. The number of amides is 2. The lowest BCUT2D eigenvalue weighted by Crippen LogP contribution is -2.30. The predicted molar refractivity (Wildman–Crippen MR) is 85.2 cm³/mol. The highest BCUT2D eigenvalue weighted by Gasteiger charge is 2.38. The summed E-state index contributed by atoms with van der Waals surface area (Å²) in [5, 5.41) is 9.06. The van der Waals surface area contributed by atoms with Crippen molar-refractivity contribution in [3.63, 3.8) is 0 Å². The highest BCUT2D eigenvalue weighted by atomic mass is 16.4. The van der Waals surface area contributed by atoms with Crippen LogP contribution in [-0.4, -0.2) is 22.9 Å². The minimum Gasteiger partial charge on any atom is -0.478 e. The first kappa shape index (κ1) is 15.0. The Labute approximate surface area is 133 Å². The van der Waals surface area contributed by atoms with Crippen molar-refractivity contribution in [1.29, 1.82) is 0 Å². The zero-order valence-corrected chi connectivity index (χ0v) is 13.0. The second-order valence-corrected chi connectivity index (χ2v) is 5.76. The second-order valence-electron chi connectivity index (χ2n) is 5.76. The summed E-state index contributed by atoms with van der Waals surface area (Å²) in [4.78, 5) is 37.5. The summed E-state index contributed by atoms with van der Waals surface area (Å²) >= 11 is 0. The van der Waals surface area contributed by atoms with E-state index in [1.54, 1.807) is 0 Å². The number of anilines is 1. The molecule has 1 heterocycles. The van der Waals surface area contributed by atoms with E-state index in [1.807, 2.05) is 32.9 Å². The van der Waals surface area contributed by atoms with Crippen LogP contribution in [0.2, 0.25) is 0 Å². The number of carboxylic acids is 1. The van der Waals surface area contributed by atoms with Crippen LogP contribution in [0.5, 0.6) is 0 Å². The summed E-state index contributed by atoms with van der Waals surface area (Å²) in [7, 11) is 0. The molecule has 5 heteroatoms. The maximum atomic E-state index is 12.7. The molecule has 0 aliphatic carbocycles. The fourth-order valence-corrected chi connectivity index (χ4v) is 3.10. The number of hydrogen-bond acceptors (Lipinski definition) is 3. The average Bonchev–Trinajstić information content (AvgIpc) is 2.71. The summed E-state index contributed by atoms with van der Waals surface area (Å²) in [6.07, 6.45) is 0. The van der Waals surface area contributed by atoms with Crippen LogP contribution in [0.4, 0.5) is 5.69 Å². The molecule has 1 aliphatic rings. The van der Waals surface area contributed by atoms with Crippen molar-refractivity contribution in [3.05, 3.63) is 63.7 Å². The van der Waals surface area contributed by atoms with Gasteiger partial charge in [0.2, 0.25) is 0 Å². The van der Waals surface area contributed by atoms with Crippen molar-refractivity contribution in [3.8, 4) is 0 Å². The minimum atomic E-state index is -1.13. The molecule has 1 N–H and O–H groups in total. The number of aromatic carboxylic acids is 1. The third-order valence-corrected chi connectivity index (χ3v) is 3.99. The van der Waals surface area contributed by atoms with Gasteiger partial charge in [0, 0.05) is 0 Å². The number of imide groups is 1. The zero-order valence-electron chi connectivity index (χ0n) is 13.0. The monoisotopic (exact) mass is 309 g/mol. The first-order valence-electron chi connectivity index (χ1n) is 7.15. The summed E-state index contributed by atoms with van der Waals surface area (Å²) in [5.74, 6) is -2.03. The second kappa shape index (κ2) is 5.05. The van der Waals surface area contributed by atoms with Gasteiger partial charge in [0.25, 0.3) is 11.8 Å². The smallest absolute Gasteiger partial charge is 0.335 e. The van der Waals surface area contributed by atoms with Crippen molar-refractivity contribution in [2.75, 3.05) is 4.90 Å². The maximum Gasteiger partial charge on any atom is 0.335 e. The molecule has 2 amide bonds. The zero-order chi connectivity index (χ0) is 16.9. The summed E-state index contributed by atoms with van der Waals surface area (Å²) in [5.41, 5.74) is 3.64. The summed E-state index contributed by atoms with van der Waals surface area (Å²) in [6, 6.07) is 7.82. The molecule has 1 aliphatic heterocycles. The standard InChI is InChI=1S/C18H15NO4/c1-9-6-10(2)15(11(3)7-9)19-16(20)13-5-4-12(18(22)23)8-14(13)17(19)21/h4-8H,1-3H3,(H,22,23). The van der Waals surface area contributed by atoms with Gasteiger partial charge in [0.15, 0.2) is 0 Å². The lowest BCUT2D eigenvalue weighted by atomic mass is 10.0. The van der Waals surface area contributed by atoms with Gasteiger partial charge in [-0.05, 0) is 50.1 Å². The van der Waals surface area contributed by atoms with Crippen LogP contribution < -0.4 is 4.90 Å². The van der Waals surface area contributed by atoms with Gasteiger partial charge < -0.3 is 5.11 Å². The molecule has 23 heavy (non-hydrogen) atoms. The molecular formula is C18H15NO4. The molecular weight excluding hydrogens is 294 g/mol. The summed E-state index contributed by atoms with van der Waals surface area (Å²) < 4.78 is 0. The number of rotatable bonds is 2. The van der Waals surface area contributed by atoms with Crippen LogP contribution in [0.3, 0.4) is 0 Å². The molecule has 0 fully saturated rings. The van der Waals surface area contributed by atoms with Gasteiger partial charge in [0.1, 0.15) is 0 Å². The van der Waals surface area contributed by atoms with Gasteiger partial charge in [-0.3, -0.25) is 9.59 Å². The van der Waals surface area contributed by atoms with Crippen molar-refractivity contribution in [2.45, 2.75) is 20.8 Å². The molecule has 0 saturated heterocycles. The number of carbonyl (C=O) groups is 3. The van der Waals surface area contributed by atoms with Crippen molar-refractivity contribution >= 4 is 23.5 Å². The Bertz CT molecular complexity index is 860. The van der Waals surface area contributed by atoms with E-state index in [1.165, 1.54) is 18.2 Å². The fraction of sp³-hybridized carbons (Fsp3) is 0.167. The van der Waals surface area contributed by atoms with Crippen LogP contribution in [0.25, 0.3) is 0 Å². The Kier molecular flexibility index (Phi) is 3.29. The minimum absolute atomic E-state index is 0.0101. The molecule has 0 saturated carbocycles. The molecule has 0 radical (unpaired) electrons. The number of hydrogen-bond donors (Lipinski definition) is 1. The van der Waals surface area contributed by atoms with Gasteiger partial charge >= 0.3 is 5.97 Å². The Balaban J connectivity index is 2.16. The third kappa shape index (κ3) is 2.21. The predicted octanol–water partition coefficient (Wildman–Crippen LogP) is 3.11. The fourth-order valence-electron chi connectivity index (χ4n) is 3.10. The number of aryl methyl sites for hydroxylation is 3. The normalized spacial score (nSPS) is 13.4. The molecule has 0 bridgehead atoms. The average molecular weight is 309 g/mol. The van der Waals surface area contributed by atoms with Crippen LogP contribution in [-0.2, 0) is 0 Å². The van der Waals surface area contributed by atoms with Crippen molar-refractivity contribution < 1.29 is 19.5 Å². The summed E-state index contributed by atoms with van der Waals surface area (Å²) in [6.45, 7) is 5.65. The Hall–Kier alpha value is -2.95. The largest absolute Gasteiger partial charge is 0.478 e. The van der Waals surface area contributed by atoms with Crippen LogP contribution >= 0.6 is 0 Å². The van der Waals surface area contributed by atoms with E-state index in [0.717, 1.165) is 21.6 Å². The van der Waals surface area contributed by atoms with Gasteiger partial charge in [-0.25, -0.2) is 9.69 Å². The Morgan fingerprint density at radius 3 is 2.04 bits per heavy atom. The van der Waals surface area contributed by atoms with Crippen LogP contribution in [0.15, 0.2) is 30.3 Å². The van der Waals surface area contributed by atoms with E-state index in [-0.39, 0.29) is 16.7 Å². The molecule has 116 valence electrons. The molecule has 0 spiro atoms. The Morgan fingerprint density at radius 2 is 1.48 bits per heavy atom. The highest BCUT2D eigenvalue weighted by molar-refractivity contribution is 6.35. The van der Waals surface area contributed by atoms with E-state index in [4.69, 9.17) is 5.11 Å². The number of carboxylic acid groups (broad SMARTS) is 1. The van der Waals surface area contributed by atoms with Crippen molar-refractivity contribution in [1.82, 2.24) is 0 Å². The van der Waals surface area contributed by atoms with Crippen LogP contribution in [0.1, 0.15) is 47.8 Å². The Morgan fingerprint density at radius 1 is 0.913 bits per heavy atom. The molecule has 5 nitrogen and oxygen atoms in total. The molecule has 2 aromatic carbocycles. The van der Waals surface area contributed by atoms with Gasteiger partial charge in [-0.15, -0.1) is 0 Å². The quantitative estimate of drug-likeness (QED) is 0.865. The molecule has 3 rings (SSSR count). The highest BCUT2D eigenvalue weighted by Crippen LogP contribution is 2.34. The maximum absolute atomic E-state index is 12.7. The van der Waals surface area contributed by atoms with E-state index in [9.17, 15) is 14.4 Å². The SMILES string of the molecule is Cc1cc(C)c(N2C(=O)c3ccc(C(=O)O)cc3C2=O)c(C)c1. The van der Waals surface area contributed by atoms with Crippen LogP contribution in [0, 0.1) is 20.8 Å². The van der Waals surface area contributed by atoms with Gasteiger partial charge in [-0.2, -0.15) is 0 Å². The number of fused-ring (bicyclic) bond motifs is 1. The molecule has 0 unspecified atom stereocenters. The number of nitrogens with zero attached hydrogens (tertiary/aromatic N) is 1. The van der Waals surface area contributed by atoms with E-state index in [0.29, 0.717) is 5.69 Å². The molecule has 2 aromatic rings. The number of benzene rings is 2. The number of carbonyl (C=O) groups excluding carboxylic acids is 2. The van der Waals surface area contributed by atoms with E-state index >= 15 is 0 Å². The van der Waals surface area contributed by atoms with Gasteiger partial charge in [-0.1, -0.05) is 17.7 Å². The topological polar surface area (TPSA) is 74.7 Å². The molecule has 0 atom stereocenters.